The standard InChI is InChI=1S/C40H24N2O/c1-2-11-26(12-3-1)41-34-22-18-25-10-4-5-13-28(25)38(34)39-35(41)23-21-32-29-14-6-8-16-33(29)42(40(32)39)27-19-20-31-30-15-7-9-17-36(30)43-37(31)24-27/h1-24H. The second-order valence-electron chi connectivity index (χ2n) is 11.3. The molecule has 3 heterocycles. The molecule has 0 aliphatic heterocycles. The summed E-state index contributed by atoms with van der Waals surface area (Å²) < 4.78 is 11.2. The van der Waals surface area contributed by atoms with E-state index >= 15 is 0 Å². The molecule has 0 amide bonds. The van der Waals surface area contributed by atoms with E-state index in [0.717, 1.165) is 33.3 Å². The second-order valence-corrected chi connectivity index (χ2v) is 11.3. The third kappa shape index (κ3) is 3.03. The SMILES string of the molecule is c1ccc(-n2c3ccc4ccccc4c3c3c2ccc2c4ccccc4n(-c4ccc5c(c4)oc4ccccc45)c23)cc1. The Morgan fingerprint density at radius 2 is 1.05 bits per heavy atom. The van der Waals surface area contributed by atoms with Crippen LogP contribution < -0.4 is 0 Å². The molecule has 0 bridgehead atoms. The lowest BCUT2D eigenvalue weighted by Crippen LogP contribution is -1.95. The fraction of sp³-hybridized carbons (Fsp3) is 0. The molecule has 0 atom stereocenters. The highest BCUT2D eigenvalue weighted by Gasteiger charge is 2.22. The molecule has 0 saturated carbocycles. The second kappa shape index (κ2) is 8.37. The van der Waals surface area contributed by atoms with E-state index in [1.54, 1.807) is 0 Å². The summed E-state index contributed by atoms with van der Waals surface area (Å²) >= 11 is 0. The van der Waals surface area contributed by atoms with Gasteiger partial charge in [-0.1, -0.05) is 91.0 Å². The monoisotopic (exact) mass is 548 g/mol. The zero-order chi connectivity index (χ0) is 28.1. The number of hydrogen-bond acceptors (Lipinski definition) is 1. The minimum Gasteiger partial charge on any atom is -0.456 e. The summed E-state index contributed by atoms with van der Waals surface area (Å²) in [6, 6.07) is 52.3. The largest absolute Gasteiger partial charge is 0.456 e. The van der Waals surface area contributed by atoms with Crippen LogP contribution >= 0.6 is 0 Å². The van der Waals surface area contributed by atoms with Crippen molar-refractivity contribution in [3.05, 3.63) is 146 Å². The van der Waals surface area contributed by atoms with Gasteiger partial charge in [0.15, 0.2) is 0 Å². The number of fused-ring (bicyclic) bond motifs is 12. The summed E-state index contributed by atoms with van der Waals surface area (Å²) in [5, 5.41) is 9.80. The number of nitrogens with zero attached hydrogens (tertiary/aromatic N) is 2. The van der Waals surface area contributed by atoms with Crippen LogP contribution in [0.4, 0.5) is 0 Å². The third-order valence-electron chi connectivity index (χ3n) is 9.09. The van der Waals surface area contributed by atoms with E-state index < -0.39 is 0 Å². The molecule has 0 unspecified atom stereocenters. The first-order chi connectivity index (χ1) is 21.3. The fourth-order valence-electron chi connectivity index (χ4n) is 7.30. The zero-order valence-corrected chi connectivity index (χ0v) is 23.2. The topological polar surface area (TPSA) is 23.0 Å². The van der Waals surface area contributed by atoms with Crippen molar-refractivity contribution in [3.8, 4) is 11.4 Å². The van der Waals surface area contributed by atoms with Crippen molar-refractivity contribution < 1.29 is 4.42 Å². The number of hydrogen-bond donors (Lipinski definition) is 0. The highest BCUT2D eigenvalue weighted by atomic mass is 16.3. The molecule has 0 spiro atoms. The van der Waals surface area contributed by atoms with Gasteiger partial charge in [-0.15, -0.1) is 0 Å². The Kier molecular flexibility index (Phi) is 4.45. The predicted molar refractivity (Wildman–Crippen MR) is 180 cm³/mol. The molecule has 0 aliphatic carbocycles. The van der Waals surface area contributed by atoms with Gasteiger partial charge in [0, 0.05) is 49.8 Å². The van der Waals surface area contributed by atoms with Crippen LogP contribution in [0.15, 0.2) is 150 Å². The van der Waals surface area contributed by atoms with E-state index in [1.165, 1.54) is 54.4 Å². The van der Waals surface area contributed by atoms with Crippen LogP contribution in [0, 0.1) is 0 Å². The summed E-state index contributed by atoms with van der Waals surface area (Å²) in [4.78, 5) is 0. The fourth-order valence-corrected chi connectivity index (χ4v) is 7.30. The molecule has 0 N–H and O–H groups in total. The highest BCUT2D eigenvalue weighted by Crippen LogP contribution is 2.44. The van der Waals surface area contributed by atoms with Gasteiger partial charge in [-0.2, -0.15) is 0 Å². The molecule has 0 aliphatic rings. The van der Waals surface area contributed by atoms with E-state index in [0.29, 0.717) is 0 Å². The molecule has 200 valence electrons. The Hall–Kier alpha value is -5.80. The predicted octanol–water partition coefficient (Wildman–Crippen LogP) is 10.9. The Morgan fingerprint density at radius 1 is 0.372 bits per heavy atom. The third-order valence-corrected chi connectivity index (χ3v) is 9.09. The minimum atomic E-state index is 0.897. The van der Waals surface area contributed by atoms with Crippen molar-refractivity contribution in [2.24, 2.45) is 0 Å². The number of aromatic nitrogens is 2. The average molecular weight is 549 g/mol. The Balaban J connectivity index is 1.44. The molecule has 0 saturated heterocycles. The van der Waals surface area contributed by atoms with Crippen molar-refractivity contribution in [3.63, 3.8) is 0 Å². The number of rotatable bonds is 2. The molecule has 10 rings (SSSR count). The lowest BCUT2D eigenvalue weighted by Gasteiger charge is -2.10. The molecule has 10 aromatic rings. The molecule has 7 aromatic carbocycles. The van der Waals surface area contributed by atoms with Crippen LogP contribution in [0.25, 0.3) is 87.7 Å². The van der Waals surface area contributed by atoms with Crippen molar-refractivity contribution in [1.29, 1.82) is 0 Å². The van der Waals surface area contributed by atoms with Gasteiger partial charge in [-0.05, 0) is 59.3 Å². The van der Waals surface area contributed by atoms with Crippen molar-refractivity contribution >= 4 is 76.3 Å². The Morgan fingerprint density at radius 3 is 1.95 bits per heavy atom. The van der Waals surface area contributed by atoms with E-state index in [2.05, 4.69) is 143 Å². The molecule has 0 radical (unpaired) electrons. The van der Waals surface area contributed by atoms with Gasteiger partial charge in [-0.25, -0.2) is 0 Å². The Labute approximate surface area is 246 Å². The first-order valence-electron chi connectivity index (χ1n) is 14.7. The molecule has 0 fully saturated rings. The quantitative estimate of drug-likeness (QED) is 0.211. The summed E-state index contributed by atoms with van der Waals surface area (Å²) in [6.45, 7) is 0. The molecule has 43 heavy (non-hydrogen) atoms. The molecular weight excluding hydrogens is 524 g/mol. The van der Waals surface area contributed by atoms with Crippen LogP contribution in [-0.2, 0) is 0 Å². The maximum atomic E-state index is 6.38. The maximum Gasteiger partial charge on any atom is 0.137 e. The number of para-hydroxylation sites is 3. The summed E-state index contributed by atoms with van der Waals surface area (Å²) in [7, 11) is 0. The highest BCUT2D eigenvalue weighted by molar-refractivity contribution is 6.31. The van der Waals surface area contributed by atoms with Gasteiger partial charge in [0.2, 0.25) is 0 Å². The molecule has 3 nitrogen and oxygen atoms in total. The smallest absolute Gasteiger partial charge is 0.137 e. The van der Waals surface area contributed by atoms with Crippen molar-refractivity contribution in [2.75, 3.05) is 0 Å². The summed E-state index contributed by atoms with van der Waals surface area (Å²) in [5.74, 6) is 0. The maximum absolute atomic E-state index is 6.38. The van der Waals surface area contributed by atoms with Crippen LogP contribution in [0.2, 0.25) is 0 Å². The van der Waals surface area contributed by atoms with Gasteiger partial charge in [0.25, 0.3) is 0 Å². The van der Waals surface area contributed by atoms with Gasteiger partial charge < -0.3 is 13.6 Å². The van der Waals surface area contributed by atoms with E-state index in [9.17, 15) is 0 Å². The first-order valence-corrected chi connectivity index (χ1v) is 14.7. The van der Waals surface area contributed by atoms with Crippen molar-refractivity contribution in [1.82, 2.24) is 9.13 Å². The van der Waals surface area contributed by atoms with E-state index in [-0.39, 0.29) is 0 Å². The van der Waals surface area contributed by atoms with Gasteiger partial charge in [-0.3, -0.25) is 0 Å². The van der Waals surface area contributed by atoms with Gasteiger partial charge in [0.05, 0.1) is 22.1 Å². The molecule has 3 heteroatoms. The van der Waals surface area contributed by atoms with Crippen LogP contribution in [0.1, 0.15) is 0 Å². The Bertz CT molecular complexity index is 2720. The lowest BCUT2D eigenvalue weighted by molar-refractivity contribution is 0.668. The molecule has 3 aromatic heterocycles. The molecular formula is C40H24N2O. The normalized spacial score (nSPS) is 12.2. The van der Waals surface area contributed by atoms with E-state index in [4.69, 9.17) is 4.42 Å². The van der Waals surface area contributed by atoms with Crippen LogP contribution in [-0.4, -0.2) is 9.13 Å². The summed E-state index contributed by atoms with van der Waals surface area (Å²) in [6.07, 6.45) is 0. The zero-order valence-electron chi connectivity index (χ0n) is 23.2. The van der Waals surface area contributed by atoms with E-state index in [1.807, 2.05) is 12.1 Å². The average Bonchev–Trinajstić information content (AvgIpc) is 3.72. The first kappa shape index (κ1) is 22.8. The van der Waals surface area contributed by atoms with Gasteiger partial charge in [0.1, 0.15) is 11.2 Å². The number of furan rings is 1. The minimum absolute atomic E-state index is 0.897. The number of benzene rings is 7. The van der Waals surface area contributed by atoms with Crippen LogP contribution in [0.5, 0.6) is 0 Å². The summed E-state index contributed by atoms with van der Waals surface area (Å²) in [5.41, 5.74) is 8.85. The van der Waals surface area contributed by atoms with Crippen molar-refractivity contribution in [2.45, 2.75) is 0 Å². The van der Waals surface area contributed by atoms with Crippen LogP contribution in [0.3, 0.4) is 0 Å². The lowest BCUT2D eigenvalue weighted by atomic mass is 10.0. The van der Waals surface area contributed by atoms with Gasteiger partial charge >= 0.3 is 0 Å².